The van der Waals surface area contributed by atoms with Crippen molar-refractivity contribution in [2.45, 2.75) is 32.2 Å². The zero-order valence-corrected chi connectivity index (χ0v) is 13.0. The first kappa shape index (κ1) is 15.4. The van der Waals surface area contributed by atoms with E-state index in [-0.39, 0.29) is 25.6 Å². The van der Waals surface area contributed by atoms with Gasteiger partial charge < -0.3 is 24.1 Å². The van der Waals surface area contributed by atoms with E-state index in [0.717, 1.165) is 18.8 Å². The molecule has 1 saturated heterocycles. The second-order valence-electron chi connectivity index (χ2n) is 5.96. The minimum Gasteiger partial charge on any atom is -0.491 e. The Balaban J connectivity index is 1.47. The largest absolute Gasteiger partial charge is 0.491 e. The summed E-state index contributed by atoms with van der Waals surface area (Å²) in [6.45, 7) is 6.87. The summed E-state index contributed by atoms with van der Waals surface area (Å²) in [6, 6.07) is 5.42. The van der Waals surface area contributed by atoms with E-state index in [9.17, 15) is 5.11 Å². The summed E-state index contributed by atoms with van der Waals surface area (Å²) in [7, 11) is 0. The number of fused-ring (bicyclic) bond motifs is 1. The van der Waals surface area contributed by atoms with Crippen molar-refractivity contribution < 1.29 is 24.1 Å². The maximum absolute atomic E-state index is 10.2. The molecule has 0 aliphatic carbocycles. The first-order valence-corrected chi connectivity index (χ1v) is 7.68. The van der Waals surface area contributed by atoms with Crippen LogP contribution in [0.2, 0.25) is 0 Å². The average molecular weight is 309 g/mol. The van der Waals surface area contributed by atoms with Crippen molar-refractivity contribution in [2.24, 2.45) is 0 Å². The third kappa shape index (κ3) is 3.82. The van der Waals surface area contributed by atoms with E-state index < -0.39 is 6.10 Å². The Morgan fingerprint density at radius 1 is 1.23 bits per heavy atom. The van der Waals surface area contributed by atoms with Gasteiger partial charge >= 0.3 is 0 Å². The van der Waals surface area contributed by atoms with Crippen LogP contribution in [-0.4, -0.2) is 61.4 Å². The Kier molecular flexibility index (Phi) is 4.71. The van der Waals surface area contributed by atoms with Gasteiger partial charge in [0.15, 0.2) is 11.5 Å². The molecule has 0 amide bonds. The SMILES string of the molecule is C[C@@H]1CN(C[C@H](O)COc2ccc3c(c2)OCO3)C[C@@H](C)O1. The monoisotopic (exact) mass is 309 g/mol. The number of nitrogens with zero attached hydrogens (tertiary/aromatic N) is 1. The van der Waals surface area contributed by atoms with E-state index in [1.54, 1.807) is 6.07 Å². The molecule has 0 spiro atoms. The quantitative estimate of drug-likeness (QED) is 0.884. The number of β-amino-alcohol motifs (C(OH)–C–C–N with tert-alkyl or cyclic N) is 1. The number of morpholine rings is 1. The molecule has 0 bridgehead atoms. The summed E-state index contributed by atoms with van der Waals surface area (Å²) < 4.78 is 21.9. The first-order valence-electron chi connectivity index (χ1n) is 7.68. The predicted molar refractivity (Wildman–Crippen MR) is 80.5 cm³/mol. The molecule has 3 rings (SSSR count). The lowest BCUT2D eigenvalue weighted by Crippen LogP contribution is -2.48. The van der Waals surface area contributed by atoms with E-state index in [0.29, 0.717) is 18.0 Å². The van der Waals surface area contributed by atoms with Crippen molar-refractivity contribution in [2.75, 3.05) is 33.0 Å². The van der Waals surface area contributed by atoms with Crippen LogP contribution in [0, 0.1) is 0 Å². The highest BCUT2D eigenvalue weighted by Gasteiger charge is 2.24. The van der Waals surface area contributed by atoms with Crippen molar-refractivity contribution in [3.05, 3.63) is 18.2 Å². The van der Waals surface area contributed by atoms with Gasteiger partial charge in [-0.15, -0.1) is 0 Å². The van der Waals surface area contributed by atoms with Crippen LogP contribution in [0.5, 0.6) is 17.2 Å². The van der Waals surface area contributed by atoms with Crippen LogP contribution in [0.25, 0.3) is 0 Å². The molecule has 6 heteroatoms. The molecule has 6 nitrogen and oxygen atoms in total. The minimum absolute atomic E-state index is 0.200. The average Bonchev–Trinajstić information content (AvgIpc) is 2.91. The summed E-state index contributed by atoms with van der Waals surface area (Å²) in [5.74, 6) is 2.08. The molecular formula is C16H23NO5. The van der Waals surface area contributed by atoms with Gasteiger partial charge in [0, 0.05) is 25.7 Å². The highest BCUT2D eigenvalue weighted by Crippen LogP contribution is 2.35. The van der Waals surface area contributed by atoms with Crippen LogP contribution in [0.4, 0.5) is 0 Å². The van der Waals surface area contributed by atoms with Crippen LogP contribution in [0.15, 0.2) is 18.2 Å². The molecule has 1 aromatic carbocycles. The lowest BCUT2D eigenvalue weighted by atomic mass is 10.2. The standard InChI is InChI=1S/C16H23NO5/c1-11-6-17(7-12(2)22-11)8-13(18)9-19-14-3-4-15-16(5-14)21-10-20-15/h3-5,11-13,18H,6-10H2,1-2H3/t11-,12-,13+/m1/s1. The maximum atomic E-state index is 10.2. The van der Waals surface area contributed by atoms with Crippen LogP contribution in [0.3, 0.4) is 0 Å². The molecular weight excluding hydrogens is 286 g/mol. The van der Waals surface area contributed by atoms with Crippen LogP contribution in [0.1, 0.15) is 13.8 Å². The summed E-state index contributed by atoms with van der Waals surface area (Å²) in [5, 5.41) is 10.2. The highest BCUT2D eigenvalue weighted by molar-refractivity contribution is 5.46. The second-order valence-corrected chi connectivity index (χ2v) is 5.96. The number of hydrogen-bond acceptors (Lipinski definition) is 6. The number of hydrogen-bond donors (Lipinski definition) is 1. The van der Waals surface area contributed by atoms with Gasteiger partial charge in [-0.25, -0.2) is 0 Å². The number of aliphatic hydroxyl groups excluding tert-OH is 1. The van der Waals surface area contributed by atoms with Gasteiger partial charge in [0.2, 0.25) is 6.79 Å². The second kappa shape index (κ2) is 6.73. The number of rotatable bonds is 5. The molecule has 2 heterocycles. The topological polar surface area (TPSA) is 60.4 Å². The Morgan fingerprint density at radius 3 is 2.73 bits per heavy atom. The van der Waals surface area contributed by atoms with E-state index in [1.807, 2.05) is 12.1 Å². The highest BCUT2D eigenvalue weighted by atomic mass is 16.7. The molecule has 2 aliphatic rings. The fourth-order valence-electron chi connectivity index (χ4n) is 2.94. The third-order valence-electron chi connectivity index (χ3n) is 3.75. The molecule has 1 N–H and O–H groups in total. The Hall–Kier alpha value is -1.50. The summed E-state index contributed by atoms with van der Waals surface area (Å²) in [4.78, 5) is 2.21. The number of benzene rings is 1. The maximum Gasteiger partial charge on any atom is 0.231 e. The van der Waals surface area contributed by atoms with Crippen molar-refractivity contribution in [3.63, 3.8) is 0 Å². The summed E-state index contributed by atoms with van der Waals surface area (Å²) in [5.41, 5.74) is 0. The normalized spacial score (nSPS) is 26.0. The van der Waals surface area contributed by atoms with Crippen molar-refractivity contribution in [1.82, 2.24) is 4.90 Å². The molecule has 1 aromatic rings. The van der Waals surface area contributed by atoms with Crippen molar-refractivity contribution in [1.29, 1.82) is 0 Å². The van der Waals surface area contributed by atoms with E-state index >= 15 is 0 Å². The van der Waals surface area contributed by atoms with Crippen LogP contribution in [-0.2, 0) is 4.74 Å². The fourth-order valence-corrected chi connectivity index (χ4v) is 2.94. The minimum atomic E-state index is -0.539. The van der Waals surface area contributed by atoms with Crippen LogP contribution < -0.4 is 14.2 Å². The molecule has 0 saturated carbocycles. The van der Waals surface area contributed by atoms with Gasteiger partial charge in [-0.3, -0.25) is 4.90 Å². The lowest BCUT2D eigenvalue weighted by Gasteiger charge is -2.36. The van der Waals surface area contributed by atoms with E-state index in [2.05, 4.69) is 18.7 Å². The van der Waals surface area contributed by atoms with Gasteiger partial charge in [0.05, 0.1) is 12.2 Å². The molecule has 0 aromatic heterocycles. The lowest BCUT2D eigenvalue weighted by molar-refractivity contribution is -0.0786. The van der Waals surface area contributed by atoms with E-state index in [4.69, 9.17) is 18.9 Å². The third-order valence-corrected chi connectivity index (χ3v) is 3.75. The molecule has 3 atom stereocenters. The zero-order chi connectivity index (χ0) is 15.5. The molecule has 0 radical (unpaired) electrons. The van der Waals surface area contributed by atoms with Crippen molar-refractivity contribution >= 4 is 0 Å². The molecule has 22 heavy (non-hydrogen) atoms. The van der Waals surface area contributed by atoms with E-state index in [1.165, 1.54) is 0 Å². The fraction of sp³-hybridized carbons (Fsp3) is 0.625. The van der Waals surface area contributed by atoms with Crippen molar-refractivity contribution in [3.8, 4) is 17.2 Å². The molecule has 122 valence electrons. The van der Waals surface area contributed by atoms with Crippen LogP contribution >= 0.6 is 0 Å². The summed E-state index contributed by atoms with van der Waals surface area (Å²) >= 11 is 0. The molecule has 0 unspecified atom stereocenters. The van der Waals surface area contributed by atoms with Gasteiger partial charge in [0.1, 0.15) is 18.5 Å². The smallest absolute Gasteiger partial charge is 0.231 e. The Morgan fingerprint density at radius 2 is 1.95 bits per heavy atom. The Bertz CT molecular complexity index is 499. The number of aliphatic hydroxyl groups is 1. The van der Waals surface area contributed by atoms with Gasteiger partial charge in [-0.1, -0.05) is 0 Å². The number of ether oxygens (including phenoxy) is 4. The van der Waals surface area contributed by atoms with Gasteiger partial charge in [-0.2, -0.15) is 0 Å². The Labute approximate surface area is 130 Å². The van der Waals surface area contributed by atoms with Gasteiger partial charge in [-0.05, 0) is 26.0 Å². The summed E-state index contributed by atoms with van der Waals surface area (Å²) in [6.07, 6.45) is -0.139. The zero-order valence-electron chi connectivity index (χ0n) is 13.0. The molecule has 1 fully saturated rings. The molecule has 2 aliphatic heterocycles. The predicted octanol–water partition coefficient (Wildman–Crippen LogP) is 1.26. The van der Waals surface area contributed by atoms with Gasteiger partial charge in [0.25, 0.3) is 0 Å². The first-order chi connectivity index (χ1) is 10.6.